The summed E-state index contributed by atoms with van der Waals surface area (Å²) in [5.41, 5.74) is 3.66. The first kappa shape index (κ1) is 25.3. The number of methoxy groups -OCH3 is 1. The van der Waals surface area contributed by atoms with Crippen molar-refractivity contribution in [3.8, 4) is 22.5 Å². The third-order valence-electron chi connectivity index (χ3n) is 5.16. The number of carboxylic acid groups (broad SMARTS) is 1. The Bertz CT molecular complexity index is 1030. The van der Waals surface area contributed by atoms with Crippen molar-refractivity contribution >= 4 is 11.8 Å². The molecule has 0 spiro atoms. The number of carboxylic acids is 1. The summed E-state index contributed by atoms with van der Waals surface area (Å²) in [6, 6.07) is 20.2. The van der Waals surface area contributed by atoms with Gasteiger partial charge in [-0.1, -0.05) is 60.7 Å². The molecule has 3 rings (SSSR count). The number of anilines is 1. The second kappa shape index (κ2) is 12.8. The molecular formula is C26H31N3O5. The minimum absolute atomic E-state index is 0.121. The van der Waals surface area contributed by atoms with Crippen molar-refractivity contribution in [1.29, 1.82) is 0 Å². The molecule has 1 N–H and O–H groups in total. The van der Waals surface area contributed by atoms with Crippen molar-refractivity contribution in [3.63, 3.8) is 0 Å². The largest absolute Gasteiger partial charge is 0.477 e. The average Bonchev–Trinajstić information content (AvgIpc) is 2.86. The van der Waals surface area contributed by atoms with Gasteiger partial charge in [0, 0.05) is 30.8 Å². The summed E-state index contributed by atoms with van der Waals surface area (Å²) in [5, 5.41) is 8.92. The van der Waals surface area contributed by atoms with Crippen molar-refractivity contribution in [2.75, 3.05) is 38.4 Å². The smallest absolute Gasteiger partial charge is 0.361 e. The molecule has 1 aromatic heterocycles. The van der Waals surface area contributed by atoms with Crippen LogP contribution in [0, 0.1) is 0 Å². The first-order valence-corrected chi connectivity index (χ1v) is 11.2. The highest BCUT2D eigenvalue weighted by Crippen LogP contribution is 2.30. The van der Waals surface area contributed by atoms with Gasteiger partial charge in [-0.15, -0.1) is 0 Å². The highest BCUT2D eigenvalue weighted by atomic mass is 16.7. The van der Waals surface area contributed by atoms with Crippen molar-refractivity contribution in [1.82, 2.24) is 9.97 Å². The summed E-state index contributed by atoms with van der Waals surface area (Å²) >= 11 is 0. The van der Waals surface area contributed by atoms with E-state index in [0.29, 0.717) is 13.2 Å². The van der Waals surface area contributed by atoms with E-state index in [9.17, 15) is 4.79 Å². The Morgan fingerprint density at radius 3 is 2.12 bits per heavy atom. The summed E-state index contributed by atoms with van der Waals surface area (Å²) in [6.45, 7) is 5.58. The van der Waals surface area contributed by atoms with Gasteiger partial charge in [0.15, 0.2) is 0 Å². The SMILES string of the molecule is COC(OCCOCCN(c1cnc(-c2ccccc2)c(-c2ccccc2)n1)C(C)C)C(=O)O. The average molecular weight is 466 g/mol. The van der Waals surface area contributed by atoms with Gasteiger partial charge in [-0.2, -0.15) is 0 Å². The first-order valence-electron chi connectivity index (χ1n) is 11.2. The fraction of sp³-hybridized carbons (Fsp3) is 0.346. The van der Waals surface area contributed by atoms with Crippen LogP contribution in [0.25, 0.3) is 22.5 Å². The van der Waals surface area contributed by atoms with Crippen LogP contribution in [0.2, 0.25) is 0 Å². The molecule has 0 saturated heterocycles. The zero-order valence-electron chi connectivity index (χ0n) is 19.8. The highest BCUT2D eigenvalue weighted by molar-refractivity contribution is 5.78. The number of aromatic nitrogens is 2. The van der Waals surface area contributed by atoms with E-state index in [1.54, 1.807) is 6.20 Å². The molecule has 0 fully saturated rings. The molecule has 0 radical (unpaired) electrons. The lowest BCUT2D eigenvalue weighted by molar-refractivity contribution is -0.185. The second-order valence-corrected chi connectivity index (χ2v) is 7.83. The predicted molar refractivity (Wildman–Crippen MR) is 131 cm³/mol. The van der Waals surface area contributed by atoms with Crippen LogP contribution in [0.15, 0.2) is 66.9 Å². The Hall–Kier alpha value is -3.33. The Balaban J connectivity index is 1.72. The molecule has 2 aromatic carbocycles. The Kier molecular flexibility index (Phi) is 9.51. The van der Waals surface area contributed by atoms with Crippen LogP contribution in [-0.4, -0.2) is 66.9 Å². The zero-order valence-corrected chi connectivity index (χ0v) is 19.8. The number of hydrogen-bond acceptors (Lipinski definition) is 7. The molecule has 0 aliphatic heterocycles. The normalized spacial score (nSPS) is 12.0. The van der Waals surface area contributed by atoms with Crippen LogP contribution in [0.4, 0.5) is 5.82 Å². The number of hydrogen-bond donors (Lipinski definition) is 1. The maximum atomic E-state index is 10.9. The van der Waals surface area contributed by atoms with Gasteiger partial charge in [0.1, 0.15) is 5.82 Å². The van der Waals surface area contributed by atoms with E-state index >= 15 is 0 Å². The summed E-state index contributed by atoms with van der Waals surface area (Å²) in [6.07, 6.45) is 0.513. The van der Waals surface area contributed by atoms with Crippen LogP contribution in [0.3, 0.4) is 0 Å². The van der Waals surface area contributed by atoms with Crippen molar-refractivity contribution < 1.29 is 24.1 Å². The van der Waals surface area contributed by atoms with Crippen LogP contribution in [-0.2, 0) is 19.0 Å². The molecular weight excluding hydrogens is 434 g/mol. The van der Waals surface area contributed by atoms with Crippen molar-refractivity contribution in [3.05, 3.63) is 66.9 Å². The van der Waals surface area contributed by atoms with Gasteiger partial charge in [0.05, 0.1) is 37.4 Å². The van der Waals surface area contributed by atoms with Crippen molar-refractivity contribution in [2.45, 2.75) is 26.2 Å². The molecule has 1 unspecified atom stereocenters. The molecule has 1 atom stereocenters. The summed E-state index contributed by atoms with van der Waals surface area (Å²) < 4.78 is 15.5. The van der Waals surface area contributed by atoms with Gasteiger partial charge in [0.2, 0.25) is 0 Å². The van der Waals surface area contributed by atoms with E-state index in [0.717, 1.165) is 28.3 Å². The van der Waals surface area contributed by atoms with Gasteiger partial charge < -0.3 is 24.2 Å². The van der Waals surface area contributed by atoms with Gasteiger partial charge in [-0.05, 0) is 13.8 Å². The number of nitrogens with zero attached hydrogens (tertiary/aromatic N) is 3. The zero-order chi connectivity index (χ0) is 24.3. The van der Waals surface area contributed by atoms with E-state index in [2.05, 4.69) is 18.7 Å². The molecule has 8 heteroatoms. The minimum Gasteiger partial charge on any atom is -0.477 e. The molecule has 0 aliphatic rings. The molecule has 1 heterocycles. The van der Waals surface area contributed by atoms with E-state index in [-0.39, 0.29) is 19.3 Å². The van der Waals surface area contributed by atoms with Crippen molar-refractivity contribution in [2.24, 2.45) is 0 Å². The maximum Gasteiger partial charge on any atom is 0.361 e. The van der Waals surface area contributed by atoms with Gasteiger partial charge in [-0.3, -0.25) is 4.98 Å². The number of ether oxygens (including phenoxy) is 3. The minimum atomic E-state index is -1.29. The summed E-state index contributed by atoms with van der Waals surface area (Å²) in [5.74, 6) is -0.404. The number of rotatable bonds is 13. The fourth-order valence-corrected chi connectivity index (χ4v) is 3.48. The quantitative estimate of drug-likeness (QED) is 0.298. The fourth-order valence-electron chi connectivity index (χ4n) is 3.48. The highest BCUT2D eigenvalue weighted by Gasteiger charge is 2.18. The Morgan fingerprint density at radius 1 is 0.941 bits per heavy atom. The first-order chi connectivity index (χ1) is 16.5. The topological polar surface area (TPSA) is 94.0 Å². The van der Waals surface area contributed by atoms with E-state index in [1.165, 1.54) is 7.11 Å². The number of aliphatic carboxylic acids is 1. The molecule has 0 aliphatic carbocycles. The van der Waals surface area contributed by atoms with Crippen LogP contribution in [0.5, 0.6) is 0 Å². The maximum absolute atomic E-state index is 10.9. The lowest BCUT2D eigenvalue weighted by Gasteiger charge is -2.28. The van der Waals surface area contributed by atoms with E-state index in [4.69, 9.17) is 29.3 Å². The van der Waals surface area contributed by atoms with Crippen LogP contribution in [0.1, 0.15) is 13.8 Å². The van der Waals surface area contributed by atoms with Crippen LogP contribution >= 0.6 is 0 Å². The molecule has 34 heavy (non-hydrogen) atoms. The molecule has 0 bridgehead atoms. The van der Waals surface area contributed by atoms with Crippen LogP contribution < -0.4 is 4.90 Å². The Labute approximate surface area is 200 Å². The molecule has 8 nitrogen and oxygen atoms in total. The summed E-state index contributed by atoms with van der Waals surface area (Å²) in [7, 11) is 1.29. The number of benzene rings is 2. The third-order valence-corrected chi connectivity index (χ3v) is 5.16. The monoisotopic (exact) mass is 465 g/mol. The standard InChI is InChI=1S/C26H31N3O5/c1-19(2)29(14-15-33-16-17-34-26(32-3)25(30)31)22-18-27-23(20-10-6-4-7-11-20)24(28-22)21-12-8-5-9-13-21/h4-13,18-19,26H,14-17H2,1-3H3,(H,30,31). The second-order valence-electron chi connectivity index (χ2n) is 7.83. The lowest BCUT2D eigenvalue weighted by Crippen LogP contribution is -2.35. The van der Waals surface area contributed by atoms with Gasteiger partial charge in [-0.25, -0.2) is 9.78 Å². The third kappa shape index (κ3) is 6.84. The molecule has 0 saturated carbocycles. The molecule has 3 aromatic rings. The predicted octanol–water partition coefficient (Wildman–Crippen LogP) is 4.12. The lowest BCUT2D eigenvalue weighted by atomic mass is 10.0. The van der Waals surface area contributed by atoms with Gasteiger partial charge >= 0.3 is 5.97 Å². The number of carbonyl (C=O) groups is 1. The van der Waals surface area contributed by atoms with Gasteiger partial charge in [0.25, 0.3) is 6.29 Å². The van der Waals surface area contributed by atoms with E-state index < -0.39 is 12.3 Å². The van der Waals surface area contributed by atoms with E-state index in [1.807, 2.05) is 60.7 Å². The Morgan fingerprint density at radius 2 is 1.56 bits per heavy atom. The molecule has 180 valence electrons. The summed E-state index contributed by atoms with van der Waals surface area (Å²) in [4.78, 5) is 22.8. The molecule has 0 amide bonds.